The molecule has 0 aliphatic heterocycles. The fraction of sp³-hybridized carbons (Fsp3) is 0.261. The van der Waals surface area contributed by atoms with Gasteiger partial charge in [0.2, 0.25) is 0 Å². The van der Waals surface area contributed by atoms with Gasteiger partial charge in [0.1, 0.15) is 12.4 Å². The van der Waals surface area contributed by atoms with Crippen molar-refractivity contribution in [3.05, 3.63) is 87.3 Å². The van der Waals surface area contributed by atoms with Gasteiger partial charge < -0.3 is 9.47 Å². The number of carbonyl (C=O) groups is 1. The fourth-order valence-corrected chi connectivity index (χ4v) is 3.76. The number of carbonyl (C=O) groups excluding carboxylic acids is 1. The highest BCUT2D eigenvalue weighted by Crippen LogP contribution is 2.19. The zero-order chi connectivity index (χ0) is 21.5. The Morgan fingerprint density at radius 2 is 1.83 bits per heavy atom. The zero-order valence-corrected chi connectivity index (χ0v) is 18.1. The van der Waals surface area contributed by atoms with Crippen molar-refractivity contribution in [2.24, 2.45) is 7.05 Å². The van der Waals surface area contributed by atoms with Crippen LogP contribution in [0.2, 0.25) is 0 Å². The topological polar surface area (TPSA) is 70.4 Å². The summed E-state index contributed by atoms with van der Waals surface area (Å²) in [7, 11) is 3.28. The van der Waals surface area contributed by atoms with Crippen molar-refractivity contribution in [2.45, 2.75) is 25.1 Å². The Balaban J connectivity index is 1.66. The molecule has 0 spiro atoms. The van der Waals surface area contributed by atoms with Crippen LogP contribution in [-0.2, 0) is 29.6 Å². The summed E-state index contributed by atoms with van der Waals surface area (Å²) in [6.07, 6.45) is 0.465. The molecule has 3 rings (SSSR count). The summed E-state index contributed by atoms with van der Waals surface area (Å²) < 4.78 is 12.0. The molecule has 0 atom stereocenters. The van der Waals surface area contributed by atoms with Gasteiger partial charge in [-0.1, -0.05) is 54.2 Å². The van der Waals surface area contributed by atoms with Crippen LogP contribution >= 0.6 is 11.8 Å². The first kappa shape index (κ1) is 21.6. The molecule has 30 heavy (non-hydrogen) atoms. The van der Waals surface area contributed by atoms with E-state index in [1.54, 1.807) is 14.2 Å². The second-order valence-corrected chi connectivity index (χ2v) is 7.73. The van der Waals surface area contributed by atoms with Crippen molar-refractivity contribution in [2.75, 3.05) is 12.9 Å². The molecular weight excluding hydrogens is 400 g/mol. The summed E-state index contributed by atoms with van der Waals surface area (Å²) in [6, 6.07) is 17.1. The average molecular weight is 425 g/mol. The number of aryl methyl sites for hydroxylation is 1. The van der Waals surface area contributed by atoms with Crippen molar-refractivity contribution in [3.63, 3.8) is 0 Å². The van der Waals surface area contributed by atoms with Gasteiger partial charge in [0.15, 0.2) is 5.16 Å². The monoisotopic (exact) mass is 424 g/mol. The lowest BCUT2D eigenvalue weighted by molar-refractivity contribution is -0.141. The van der Waals surface area contributed by atoms with E-state index in [9.17, 15) is 9.59 Å². The van der Waals surface area contributed by atoms with Crippen LogP contribution in [0.3, 0.4) is 0 Å². The quantitative estimate of drug-likeness (QED) is 0.313. The van der Waals surface area contributed by atoms with E-state index >= 15 is 0 Å². The molecule has 0 aliphatic rings. The molecule has 0 N–H and O–H groups in total. The van der Waals surface area contributed by atoms with E-state index in [1.165, 1.54) is 16.3 Å². The number of rotatable bonds is 8. The number of aromatic nitrogens is 2. The number of ether oxygens (including phenoxy) is 2. The SMILES string of the molecule is COc1cccc(Cc2c(C)nc(SCC(=O)OCc3ccccc3)n(C)c2=O)c1. The number of esters is 1. The Kier molecular flexibility index (Phi) is 7.30. The predicted octanol–water partition coefficient (Wildman–Crippen LogP) is 3.52. The van der Waals surface area contributed by atoms with Crippen molar-refractivity contribution < 1.29 is 14.3 Å². The highest BCUT2D eigenvalue weighted by molar-refractivity contribution is 7.99. The Morgan fingerprint density at radius 3 is 2.57 bits per heavy atom. The van der Waals surface area contributed by atoms with Crippen LogP contribution in [0.5, 0.6) is 5.75 Å². The third kappa shape index (κ3) is 5.51. The van der Waals surface area contributed by atoms with E-state index in [1.807, 2.05) is 61.5 Å². The lowest BCUT2D eigenvalue weighted by Gasteiger charge is -2.12. The molecule has 0 radical (unpaired) electrons. The molecule has 0 saturated carbocycles. The first-order valence-corrected chi connectivity index (χ1v) is 10.5. The largest absolute Gasteiger partial charge is 0.497 e. The molecule has 0 unspecified atom stereocenters. The molecule has 0 aliphatic carbocycles. The van der Waals surface area contributed by atoms with Crippen LogP contribution < -0.4 is 10.3 Å². The van der Waals surface area contributed by atoms with Crippen LogP contribution in [0.4, 0.5) is 0 Å². The molecule has 0 amide bonds. The van der Waals surface area contributed by atoms with Crippen LogP contribution in [0.15, 0.2) is 64.5 Å². The molecule has 6 nitrogen and oxygen atoms in total. The lowest BCUT2D eigenvalue weighted by atomic mass is 10.0. The molecule has 0 fully saturated rings. The maximum Gasteiger partial charge on any atom is 0.316 e. The maximum absolute atomic E-state index is 12.9. The van der Waals surface area contributed by atoms with E-state index in [4.69, 9.17) is 9.47 Å². The van der Waals surface area contributed by atoms with Crippen molar-refractivity contribution >= 4 is 17.7 Å². The van der Waals surface area contributed by atoms with Crippen molar-refractivity contribution in [1.82, 2.24) is 9.55 Å². The van der Waals surface area contributed by atoms with E-state index in [2.05, 4.69) is 4.98 Å². The molecule has 156 valence electrons. The second-order valence-electron chi connectivity index (χ2n) is 6.79. The zero-order valence-electron chi connectivity index (χ0n) is 17.3. The number of thioether (sulfide) groups is 1. The second kappa shape index (κ2) is 10.1. The Labute approximate surface area is 179 Å². The first-order valence-electron chi connectivity index (χ1n) is 9.49. The van der Waals surface area contributed by atoms with E-state index < -0.39 is 0 Å². The standard InChI is InChI=1S/C23H24N2O4S/c1-16-20(13-18-10-7-11-19(12-18)28-3)22(27)25(2)23(24-16)30-15-21(26)29-14-17-8-5-4-6-9-17/h4-12H,13-15H2,1-3H3. The van der Waals surface area contributed by atoms with Gasteiger partial charge >= 0.3 is 5.97 Å². The minimum Gasteiger partial charge on any atom is -0.497 e. The van der Waals surface area contributed by atoms with Crippen LogP contribution in [0.1, 0.15) is 22.4 Å². The van der Waals surface area contributed by atoms with Gasteiger partial charge in [-0.25, -0.2) is 4.98 Å². The summed E-state index contributed by atoms with van der Waals surface area (Å²) in [6.45, 7) is 2.04. The number of nitrogens with zero attached hydrogens (tertiary/aromatic N) is 2. The van der Waals surface area contributed by atoms with Crippen LogP contribution in [0, 0.1) is 6.92 Å². The summed E-state index contributed by atoms with van der Waals surface area (Å²) >= 11 is 1.20. The minimum absolute atomic E-state index is 0.0851. The number of hydrogen-bond acceptors (Lipinski definition) is 6. The van der Waals surface area contributed by atoms with Gasteiger partial charge in [-0.05, 0) is 30.2 Å². The first-order chi connectivity index (χ1) is 14.5. The van der Waals surface area contributed by atoms with E-state index in [0.29, 0.717) is 22.8 Å². The third-order valence-electron chi connectivity index (χ3n) is 4.63. The number of methoxy groups -OCH3 is 1. The minimum atomic E-state index is -0.351. The summed E-state index contributed by atoms with van der Waals surface area (Å²) in [5.41, 5.74) is 3.06. The van der Waals surface area contributed by atoms with Crippen molar-refractivity contribution in [1.29, 1.82) is 0 Å². The Morgan fingerprint density at radius 1 is 1.10 bits per heavy atom. The average Bonchev–Trinajstić information content (AvgIpc) is 2.77. The summed E-state index contributed by atoms with van der Waals surface area (Å²) in [5.74, 6) is 0.481. The van der Waals surface area contributed by atoms with Gasteiger partial charge in [-0.15, -0.1) is 0 Å². The predicted molar refractivity (Wildman–Crippen MR) is 117 cm³/mol. The lowest BCUT2D eigenvalue weighted by Crippen LogP contribution is -2.26. The Hall–Kier alpha value is -3.06. The third-order valence-corrected chi connectivity index (χ3v) is 5.63. The Bertz CT molecular complexity index is 1080. The molecule has 3 aromatic rings. The van der Waals surface area contributed by atoms with Crippen molar-refractivity contribution in [3.8, 4) is 5.75 Å². The molecule has 1 heterocycles. The molecule has 1 aromatic heterocycles. The smallest absolute Gasteiger partial charge is 0.316 e. The fourth-order valence-electron chi connectivity index (χ4n) is 2.95. The van der Waals surface area contributed by atoms with Gasteiger partial charge in [-0.3, -0.25) is 14.2 Å². The molecule has 0 bridgehead atoms. The van der Waals surface area contributed by atoms with Gasteiger partial charge in [0.05, 0.1) is 12.9 Å². The molecule has 0 saturated heterocycles. The van der Waals surface area contributed by atoms with Crippen LogP contribution in [-0.4, -0.2) is 28.4 Å². The maximum atomic E-state index is 12.9. The van der Waals surface area contributed by atoms with Gasteiger partial charge in [-0.2, -0.15) is 0 Å². The molecular formula is C23H24N2O4S. The normalized spacial score (nSPS) is 10.6. The number of hydrogen-bond donors (Lipinski definition) is 0. The highest BCUT2D eigenvalue weighted by Gasteiger charge is 2.15. The molecule has 2 aromatic carbocycles. The highest BCUT2D eigenvalue weighted by atomic mass is 32.2. The van der Waals surface area contributed by atoms with Crippen LogP contribution in [0.25, 0.3) is 0 Å². The van der Waals surface area contributed by atoms with Gasteiger partial charge in [0, 0.05) is 24.7 Å². The molecule has 7 heteroatoms. The summed E-state index contributed by atoms with van der Waals surface area (Å²) in [4.78, 5) is 29.5. The van der Waals surface area contributed by atoms with Gasteiger partial charge in [0.25, 0.3) is 5.56 Å². The number of benzene rings is 2. The van der Waals surface area contributed by atoms with E-state index in [0.717, 1.165) is 16.9 Å². The summed E-state index contributed by atoms with van der Waals surface area (Å²) in [5, 5.41) is 0.489. The van der Waals surface area contributed by atoms with E-state index in [-0.39, 0.29) is 23.9 Å².